The molecule has 0 aromatic heterocycles. The number of amides is 1. The van der Waals surface area contributed by atoms with Gasteiger partial charge in [-0.2, -0.15) is 0 Å². The Bertz CT molecular complexity index is 1030. The van der Waals surface area contributed by atoms with Crippen LogP contribution in [0.3, 0.4) is 0 Å². The lowest BCUT2D eigenvalue weighted by Crippen LogP contribution is -2.60. The number of hydrogen-bond acceptors (Lipinski definition) is 12. The Kier molecular flexibility index (Phi) is 15.5. The topological polar surface area (TPSA) is 162 Å². The Morgan fingerprint density at radius 3 is 2.28 bits per heavy atom. The Labute approximate surface area is 281 Å². The maximum absolute atomic E-state index is 13.8. The number of likely N-dealkylation sites (N-methyl/N-ethyl adjacent to an activating group) is 1. The van der Waals surface area contributed by atoms with Crippen LogP contribution in [0.2, 0.25) is 0 Å². The van der Waals surface area contributed by atoms with Crippen LogP contribution in [0.1, 0.15) is 87.5 Å². The standard InChI is InChI=1S/C34H62N2O11/c1-13-15-35-32(40)46-28-21(5)29(47-31-27(38)23(36(9)10)16-20(4)44-31)33(7,43-12)18-19(3)24(37)17-26(42-11)34(8,41)25(14-2)45-30(39)22(28)6/h19-23,25-29,31,38,41H,13-18H2,1-12H3,(H,35,40)/t19-,20-,21+,22-,23+,25-,26-,27-,28+,29-,31+,33-,34-/m1/s1. The number of methoxy groups -OCH3 is 2. The van der Waals surface area contributed by atoms with Crippen LogP contribution in [0, 0.1) is 17.8 Å². The fourth-order valence-corrected chi connectivity index (χ4v) is 7.01. The highest BCUT2D eigenvalue weighted by atomic mass is 16.7. The van der Waals surface area contributed by atoms with Crippen LogP contribution in [0.15, 0.2) is 0 Å². The van der Waals surface area contributed by atoms with Crippen LogP contribution in [0.5, 0.6) is 0 Å². The lowest BCUT2D eigenvalue weighted by molar-refractivity contribution is -0.301. The quantitative estimate of drug-likeness (QED) is 0.307. The molecular formula is C34H62N2O11. The molecule has 2 saturated heterocycles. The molecular weight excluding hydrogens is 612 g/mol. The third-order valence-electron chi connectivity index (χ3n) is 10.1. The molecule has 0 unspecified atom stereocenters. The molecule has 2 rings (SSSR count). The van der Waals surface area contributed by atoms with E-state index in [9.17, 15) is 24.6 Å². The molecule has 13 heteroatoms. The van der Waals surface area contributed by atoms with Crippen molar-refractivity contribution in [3.05, 3.63) is 0 Å². The molecule has 0 aromatic carbocycles. The summed E-state index contributed by atoms with van der Waals surface area (Å²) in [6.45, 7) is 14.4. The van der Waals surface area contributed by atoms with Crippen molar-refractivity contribution in [2.45, 2.75) is 148 Å². The van der Waals surface area contributed by atoms with Gasteiger partial charge in [-0.05, 0) is 67.5 Å². The van der Waals surface area contributed by atoms with Crippen molar-refractivity contribution < 1.29 is 53.0 Å². The zero-order chi connectivity index (χ0) is 35.9. The van der Waals surface area contributed by atoms with Crippen molar-refractivity contribution in [1.29, 1.82) is 0 Å². The third kappa shape index (κ3) is 10.1. The van der Waals surface area contributed by atoms with Gasteiger partial charge in [-0.1, -0.05) is 27.7 Å². The number of aliphatic hydroxyl groups excluding tert-OH is 1. The minimum atomic E-state index is -1.71. The van der Waals surface area contributed by atoms with Crippen molar-refractivity contribution >= 4 is 17.8 Å². The highest BCUT2D eigenvalue weighted by Crippen LogP contribution is 2.39. The molecule has 13 nitrogen and oxygen atoms in total. The summed E-state index contributed by atoms with van der Waals surface area (Å²) in [4.78, 5) is 42.5. The largest absolute Gasteiger partial charge is 0.459 e. The maximum atomic E-state index is 13.8. The summed E-state index contributed by atoms with van der Waals surface area (Å²) in [5, 5.41) is 25.7. The van der Waals surface area contributed by atoms with Crippen LogP contribution in [0.25, 0.3) is 0 Å². The second kappa shape index (κ2) is 17.7. The molecule has 2 aliphatic heterocycles. The maximum Gasteiger partial charge on any atom is 0.407 e. The minimum absolute atomic E-state index is 0.134. The number of carbonyl (C=O) groups is 3. The SMILES string of the molecule is CCCNC(=O)O[C@H]1[C@H](C)[C@@H](O[C@@H]2O[C@H](C)C[C@H](N(C)C)[C@H]2O)[C@](C)(OC)C[C@@H](C)C(=O)C[C@@H](OC)[C@](C)(O)[C@@H](CC)OC(=O)[C@@H]1C. The van der Waals surface area contributed by atoms with E-state index in [-0.39, 0.29) is 37.2 Å². The second-order valence-corrected chi connectivity index (χ2v) is 14.1. The van der Waals surface area contributed by atoms with Crippen LogP contribution in [0.4, 0.5) is 4.79 Å². The summed E-state index contributed by atoms with van der Waals surface area (Å²) in [6.07, 6.45) is -5.65. The molecule has 2 fully saturated rings. The van der Waals surface area contributed by atoms with Gasteiger partial charge in [-0.15, -0.1) is 0 Å². The van der Waals surface area contributed by atoms with E-state index in [1.54, 1.807) is 34.6 Å². The fourth-order valence-electron chi connectivity index (χ4n) is 7.01. The predicted molar refractivity (Wildman–Crippen MR) is 175 cm³/mol. The fraction of sp³-hybridized carbons (Fsp3) is 0.912. The monoisotopic (exact) mass is 674 g/mol. The predicted octanol–water partition coefficient (Wildman–Crippen LogP) is 3.07. The first-order valence-electron chi connectivity index (χ1n) is 17.0. The van der Waals surface area contributed by atoms with Crippen LogP contribution >= 0.6 is 0 Å². The van der Waals surface area contributed by atoms with Gasteiger partial charge in [0.1, 0.15) is 29.7 Å². The number of ketones is 1. The van der Waals surface area contributed by atoms with Crippen molar-refractivity contribution in [3.8, 4) is 0 Å². The van der Waals surface area contributed by atoms with E-state index in [4.69, 9.17) is 28.4 Å². The minimum Gasteiger partial charge on any atom is -0.459 e. The number of carbonyl (C=O) groups excluding carboxylic acids is 3. The number of nitrogens with zero attached hydrogens (tertiary/aromatic N) is 1. The summed E-state index contributed by atoms with van der Waals surface area (Å²) in [5.74, 6) is -3.27. The summed E-state index contributed by atoms with van der Waals surface area (Å²) < 4.78 is 36.5. The van der Waals surface area contributed by atoms with Crippen LogP contribution < -0.4 is 5.32 Å². The summed E-state index contributed by atoms with van der Waals surface area (Å²) in [7, 11) is 6.65. The molecule has 47 heavy (non-hydrogen) atoms. The molecule has 274 valence electrons. The lowest BCUT2D eigenvalue weighted by atomic mass is 9.76. The Balaban J connectivity index is 2.74. The van der Waals surface area contributed by atoms with Gasteiger partial charge in [-0.25, -0.2) is 4.79 Å². The summed E-state index contributed by atoms with van der Waals surface area (Å²) >= 11 is 0. The normalized spacial score (nSPS) is 41.2. The van der Waals surface area contributed by atoms with Gasteiger partial charge in [0, 0.05) is 45.1 Å². The van der Waals surface area contributed by atoms with Crippen LogP contribution in [-0.4, -0.2) is 128 Å². The molecule has 0 spiro atoms. The zero-order valence-corrected chi connectivity index (χ0v) is 30.6. The number of rotatable bonds is 9. The van der Waals surface area contributed by atoms with Gasteiger partial charge < -0.3 is 48.9 Å². The van der Waals surface area contributed by atoms with E-state index in [1.807, 2.05) is 32.8 Å². The van der Waals surface area contributed by atoms with E-state index in [2.05, 4.69) is 5.32 Å². The van der Waals surface area contributed by atoms with E-state index < -0.39 is 77.8 Å². The molecule has 13 atom stereocenters. The smallest absolute Gasteiger partial charge is 0.407 e. The molecule has 0 saturated carbocycles. The second-order valence-electron chi connectivity index (χ2n) is 14.1. The van der Waals surface area contributed by atoms with E-state index in [0.29, 0.717) is 19.4 Å². The zero-order valence-electron chi connectivity index (χ0n) is 30.6. The number of Topliss-reactive ketones (excluding diaryl/α,β-unsaturated/α-hetero) is 1. The third-order valence-corrected chi connectivity index (χ3v) is 10.1. The number of alkyl carbamates (subject to hydrolysis) is 1. The van der Waals surface area contributed by atoms with Gasteiger partial charge in [0.05, 0.1) is 29.8 Å². The molecule has 0 aliphatic carbocycles. The highest BCUT2D eigenvalue weighted by Gasteiger charge is 2.52. The number of nitrogens with one attached hydrogen (secondary N) is 1. The Hall–Kier alpha value is -1.87. The van der Waals surface area contributed by atoms with Crippen LogP contribution in [-0.2, 0) is 38.0 Å². The molecule has 0 aromatic rings. The van der Waals surface area contributed by atoms with Gasteiger partial charge in [0.15, 0.2) is 6.29 Å². The first kappa shape index (κ1) is 41.3. The lowest BCUT2D eigenvalue weighted by Gasteiger charge is -2.48. The van der Waals surface area contributed by atoms with Crippen molar-refractivity contribution in [1.82, 2.24) is 10.2 Å². The Morgan fingerprint density at radius 2 is 1.74 bits per heavy atom. The molecule has 0 bridgehead atoms. The van der Waals surface area contributed by atoms with E-state index in [1.165, 1.54) is 21.1 Å². The highest BCUT2D eigenvalue weighted by molar-refractivity contribution is 5.81. The number of aliphatic hydroxyl groups is 2. The molecule has 0 radical (unpaired) electrons. The number of esters is 1. The van der Waals surface area contributed by atoms with Crippen molar-refractivity contribution in [2.24, 2.45) is 17.8 Å². The van der Waals surface area contributed by atoms with Crippen molar-refractivity contribution in [2.75, 3.05) is 34.9 Å². The molecule has 3 N–H and O–H groups in total. The Morgan fingerprint density at radius 1 is 1.11 bits per heavy atom. The van der Waals surface area contributed by atoms with Gasteiger partial charge >= 0.3 is 12.1 Å². The molecule has 2 aliphatic rings. The van der Waals surface area contributed by atoms with Gasteiger partial charge in [-0.3, -0.25) is 9.59 Å². The number of ether oxygens (including phenoxy) is 6. The summed E-state index contributed by atoms with van der Waals surface area (Å²) in [5.41, 5.74) is -2.92. The molecule has 2 heterocycles. The first-order valence-corrected chi connectivity index (χ1v) is 17.0. The van der Waals surface area contributed by atoms with Crippen molar-refractivity contribution in [3.63, 3.8) is 0 Å². The number of cyclic esters (lactones) is 1. The number of hydrogen-bond donors (Lipinski definition) is 3. The van der Waals surface area contributed by atoms with Gasteiger partial charge in [0.25, 0.3) is 0 Å². The average Bonchev–Trinajstić information content (AvgIpc) is 3.02. The first-order chi connectivity index (χ1) is 21.9. The van der Waals surface area contributed by atoms with Gasteiger partial charge in [0.2, 0.25) is 0 Å². The summed E-state index contributed by atoms with van der Waals surface area (Å²) in [6, 6.07) is -0.266. The van der Waals surface area contributed by atoms with E-state index >= 15 is 0 Å². The van der Waals surface area contributed by atoms with E-state index in [0.717, 1.165) is 0 Å². The molecule has 1 amide bonds. The average molecular weight is 675 g/mol.